The molecule has 0 atom stereocenters. The summed E-state index contributed by atoms with van der Waals surface area (Å²) in [5.41, 5.74) is 2.06. The Hall–Kier alpha value is -2.65. The minimum Gasteiger partial charge on any atom is -0.410 e. The summed E-state index contributed by atoms with van der Waals surface area (Å²) in [6, 6.07) is 4.67. The minimum absolute atomic E-state index is 0.120. The predicted octanol–water partition coefficient (Wildman–Crippen LogP) is 0.801. The van der Waals surface area contributed by atoms with Gasteiger partial charge in [-0.2, -0.15) is 0 Å². The van der Waals surface area contributed by atoms with Crippen LogP contribution in [0.1, 0.15) is 16.7 Å². The Morgan fingerprint density at radius 3 is 2.54 bits per heavy atom. The number of anilines is 1. The van der Waals surface area contributed by atoms with Crippen molar-refractivity contribution in [1.29, 1.82) is 0 Å². The van der Waals surface area contributed by atoms with E-state index in [0.717, 1.165) is 9.54 Å². The Labute approximate surface area is 138 Å². The Morgan fingerprint density at radius 2 is 1.88 bits per heavy atom. The molecule has 124 valence electrons. The second kappa shape index (κ2) is 4.92. The van der Waals surface area contributed by atoms with Crippen molar-refractivity contribution in [2.24, 2.45) is 5.16 Å². The lowest BCUT2D eigenvalue weighted by Gasteiger charge is -2.13. The summed E-state index contributed by atoms with van der Waals surface area (Å²) in [6.07, 6.45) is 2.91. The van der Waals surface area contributed by atoms with Crippen molar-refractivity contribution >= 4 is 27.3 Å². The zero-order chi connectivity index (χ0) is 17.1. The number of carbonyl (C=O) groups is 1. The van der Waals surface area contributed by atoms with E-state index in [2.05, 4.69) is 10.5 Å². The van der Waals surface area contributed by atoms with Gasteiger partial charge in [-0.25, -0.2) is 12.4 Å². The number of rotatable bonds is 2. The van der Waals surface area contributed by atoms with Crippen LogP contribution < -0.4 is 5.32 Å². The average molecular weight is 346 g/mol. The van der Waals surface area contributed by atoms with E-state index in [1.54, 1.807) is 12.1 Å². The van der Waals surface area contributed by atoms with Gasteiger partial charge >= 0.3 is 0 Å². The SMILES string of the molecule is CN1Cc2c(S(=O)(=O)n3cccc3)cc3c(c2C1)NC(=O)C3=NO. The molecule has 1 amide bonds. The topological polar surface area (TPSA) is 104 Å². The first-order valence-electron chi connectivity index (χ1n) is 7.23. The van der Waals surface area contributed by atoms with Gasteiger partial charge in [-0.3, -0.25) is 9.69 Å². The Balaban J connectivity index is 2.03. The lowest BCUT2D eigenvalue weighted by atomic mass is 10.0. The molecule has 0 spiro atoms. The fraction of sp³-hybridized carbons (Fsp3) is 0.200. The second-order valence-corrected chi connectivity index (χ2v) is 7.66. The van der Waals surface area contributed by atoms with Gasteiger partial charge in [0.15, 0.2) is 5.71 Å². The molecule has 0 saturated carbocycles. The standard InChI is InChI=1S/C15H14N4O4S/c1-18-7-10-11(8-18)13-9(14(17-21)15(20)16-13)6-12(10)24(22,23)19-4-2-3-5-19/h2-6,21H,7-8H2,1H3,(H,16,17,20). The van der Waals surface area contributed by atoms with Gasteiger partial charge in [-0.05, 0) is 36.4 Å². The van der Waals surface area contributed by atoms with Crippen molar-refractivity contribution in [1.82, 2.24) is 8.87 Å². The van der Waals surface area contributed by atoms with Crippen molar-refractivity contribution in [3.63, 3.8) is 0 Å². The first-order valence-corrected chi connectivity index (χ1v) is 8.67. The van der Waals surface area contributed by atoms with E-state index >= 15 is 0 Å². The molecule has 2 aliphatic heterocycles. The van der Waals surface area contributed by atoms with Gasteiger partial charge in [0, 0.05) is 31.0 Å². The van der Waals surface area contributed by atoms with E-state index in [9.17, 15) is 13.2 Å². The number of nitrogens with zero attached hydrogens (tertiary/aromatic N) is 3. The van der Waals surface area contributed by atoms with E-state index in [-0.39, 0.29) is 10.6 Å². The quantitative estimate of drug-likeness (QED) is 0.618. The van der Waals surface area contributed by atoms with Crippen molar-refractivity contribution in [3.8, 4) is 0 Å². The summed E-state index contributed by atoms with van der Waals surface area (Å²) < 4.78 is 27.1. The van der Waals surface area contributed by atoms with Crippen LogP contribution in [0.4, 0.5) is 5.69 Å². The van der Waals surface area contributed by atoms with Crippen LogP contribution in [-0.4, -0.2) is 41.2 Å². The van der Waals surface area contributed by atoms with E-state index in [4.69, 9.17) is 5.21 Å². The molecule has 2 N–H and O–H groups in total. The van der Waals surface area contributed by atoms with Crippen molar-refractivity contribution in [3.05, 3.63) is 47.3 Å². The first kappa shape index (κ1) is 14.9. The highest BCUT2D eigenvalue weighted by atomic mass is 32.2. The number of amides is 1. The number of hydrogen-bond acceptors (Lipinski definition) is 6. The minimum atomic E-state index is -3.80. The number of benzene rings is 1. The number of nitrogens with one attached hydrogen (secondary N) is 1. The maximum Gasteiger partial charge on any atom is 0.278 e. The van der Waals surface area contributed by atoms with Crippen molar-refractivity contribution < 1.29 is 18.4 Å². The van der Waals surface area contributed by atoms with Crippen LogP contribution >= 0.6 is 0 Å². The summed E-state index contributed by atoms with van der Waals surface area (Å²) in [4.78, 5) is 14.0. The normalized spacial score (nSPS) is 18.7. The van der Waals surface area contributed by atoms with Gasteiger partial charge in [0.05, 0.1) is 10.6 Å². The van der Waals surface area contributed by atoms with Crippen molar-refractivity contribution in [2.75, 3.05) is 12.4 Å². The Morgan fingerprint density at radius 1 is 1.21 bits per heavy atom. The van der Waals surface area contributed by atoms with E-state index in [1.165, 1.54) is 18.5 Å². The monoisotopic (exact) mass is 346 g/mol. The smallest absolute Gasteiger partial charge is 0.278 e. The van der Waals surface area contributed by atoms with E-state index < -0.39 is 15.9 Å². The molecule has 3 heterocycles. The summed E-state index contributed by atoms with van der Waals surface area (Å²) in [5.74, 6) is -0.542. The molecule has 0 radical (unpaired) electrons. The number of aromatic nitrogens is 1. The van der Waals surface area contributed by atoms with Crippen LogP contribution in [0, 0.1) is 0 Å². The second-order valence-electron chi connectivity index (χ2n) is 5.85. The molecular formula is C15H14N4O4S. The molecule has 0 aliphatic carbocycles. The highest BCUT2D eigenvalue weighted by Crippen LogP contribution is 2.39. The van der Waals surface area contributed by atoms with Crippen LogP contribution in [0.3, 0.4) is 0 Å². The molecule has 0 bridgehead atoms. The van der Waals surface area contributed by atoms with Crippen LogP contribution in [0.5, 0.6) is 0 Å². The molecule has 0 saturated heterocycles. The molecular weight excluding hydrogens is 332 g/mol. The Kier molecular flexibility index (Phi) is 3.06. The van der Waals surface area contributed by atoms with Gasteiger partial charge < -0.3 is 10.5 Å². The molecule has 0 unspecified atom stereocenters. The third kappa shape index (κ3) is 1.91. The van der Waals surface area contributed by atoms with Crippen LogP contribution in [0.15, 0.2) is 40.6 Å². The zero-order valence-corrected chi connectivity index (χ0v) is 13.5. The highest BCUT2D eigenvalue weighted by Gasteiger charge is 2.37. The lowest BCUT2D eigenvalue weighted by molar-refractivity contribution is -0.110. The molecule has 4 rings (SSSR count). The molecule has 1 aromatic carbocycles. The molecule has 24 heavy (non-hydrogen) atoms. The summed E-state index contributed by atoms with van der Waals surface area (Å²) in [5, 5.41) is 14.8. The van der Waals surface area contributed by atoms with Crippen LogP contribution in [0.25, 0.3) is 0 Å². The highest BCUT2D eigenvalue weighted by molar-refractivity contribution is 7.90. The summed E-state index contributed by atoms with van der Waals surface area (Å²) in [6.45, 7) is 0.964. The number of oxime groups is 1. The summed E-state index contributed by atoms with van der Waals surface area (Å²) in [7, 11) is -1.93. The maximum absolute atomic E-state index is 13.0. The first-order chi connectivity index (χ1) is 11.4. The third-order valence-electron chi connectivity index (χ3n) is 4.31. The van der Waals surface area contributed by atoms with Gasteiger partial charge in [0.2, 0.25) is 0 Å². The van der Waals surface area contributed by atoms with Gasteiger partial charge in [0.1, 0.15) is 0 Å². The third-order valence-corrected chi connectivity index (χ3v) is 6.02. The van der Waals surface area contributed by atoms with E-state index in [1.807, 2.05) is 11.9 Å². The zero-order valence-electron chi connectivity index (χ0n) is 12.7. The fourth-order valence-corrected chi connectivity index (χ4v) is 4.70. The fourth-order valence-electron chi connectivity index (χ4n) is 3.24. The van der Waals surface area contributed by atoms with Gasteiger partial charge in [0.25, 0.3) is 15.9 Å². The lowest BCUT2D eigenvalue weighted by Crippen LogP contribution is -2.16. The number of carbonyl (C=O) groups excluding carboxylic acids is 1. The van der Waals surface area contributed by atoms with Crippen LogP contribution in [-0.2, 0) is 27.9 Å². The van der Waals surface area contributed by atoms with Gasteiger partial charge in [-0.15, -0.1) is 0 Å². The molecule has 0 fully saturated rings. The van der Waals surface area contributed by atoms with Crippen molar-refractivity contribution in [2.45, 2.75) is 18.0 Å². The molecule has 8 nitrogen and oxygen atoms in total. The van der Waals surface area contributed by atoms with E-state index in [0.29, 0.717) is 29.9 Å². The molecule has 9 heteroatoms. The Bertz CT molecular complexity index is 993. The maximum atomic E-state index is 13.0. The predicted molar refractivity (Wildman–Crippen MR) is 85.6 cm³/mol. The van der Waals surface area contributed by atoms with Gasteiger partial charge in [-0.1, -0.05) is 5.16 Å². The molecule has 1 aromatic heterocycles. The average Bonchev–Trinajstić information content (AvgIpc) is 3.22. The number of fused-ring (bicyclic) bond motifs is 3. The largest absolute Gasteiger partial charge is 0.410 e. The number of hydrogen-bond donors (Lipinski definition) is 2. The van der Waals surface area contributed by atoms with Crippen LogP contribution in [0.2, 0.25) is 0 Å². The summed E-state index contributed by atoms with van der Waals surface area (Å²) >= 11 is 0. The molecule has 2 aromatic rings. The molecule has 2 aliphatic rings.